The van der Waals surface area contributed by atoms with E-state index in [-0.39, 0.29) is 0 Å². The van der Waals surface area contributed by atoms with Crippen molar-refractivity contribution in [3.05, 3.63) is 24.2 Å². The summed E-state index contributed by atoms with van der Waals surface area (Å²) in [6.07, 6.45) is 2.94. The number of nitrogens with two attached hydrogens (primary N) is 1. The summed E-state index contributed by atoms with van der Waals surface area (Å²) in [6.45, 7) is 0. The average Bonchev–Trinajstić information content (AvgIpc) is 2.67. The van der Waals surface area contributed by atoms with Gasteiger partial charge in [-0.1, -0.05) is 0 Å². The summed E-state index contributed by atoms with van der Waals surface area (Å²) in [5, 5.41) is 13.9. The van der Waals surface area contributed by atoms with Gasteiger partial charge in [-0.2, -0.15) is 10.4 Å². The molecule has 2 heterocycles. The number of nitrogen functional groups attached to an aromatic ring is 1. The van der Waals surface area contributed by atoms with E-state index in [2.05, 4.69) is 15.1 Å². The molecule has 0 unspecified atom stereocenters. The maximum Gasteiger partial charge on any atom is 0.192 e. The molecule has 0 fully saturated rings. The Kier molecular flexibility index (Phi) is 2.74. The zero-order valence-corrected chi connectivity index (χ0v) is 9.27. The Balaban J connectivity index is 2.30. The van der Waals surface area contributed by atoms with Gasteiger partial charge in [0.25, 0.3) is 0 Å². The Bertz CT molecular complexity index is 555. The highest BCUT2D eigenvalue weighted by Gasteiger charge is 2.08. The van der Waals surface area contributed by atoms with E-state index in [4.69, 9.17) is 11.0 Å². The van der Waals surface area contributed by atoms with Crippen LogP contribution in [0.5, 0.6) is 0 Å². The average molecular weight is 232 g/mol. The SMILES string of the molecule is Cn1ncnc1Sc1ncc(C#N)cc1N. The molecule has 2 aromatic rings. The lowest BCUT2D eigenvalue weighted by Crippen LogP contribution is -1.96. The monoisotopic (exact) mass is 232 g/mol. The van der Waals surface area contributed by atoms with Crippen molar-refractivity contribution < 1.29 is 0 Å². The number of anilines is 1. The van der Waals surface area contributed by atoms with Gasteiger partial charge < -0.3 is 5.73 Å². The Morgan fingerprint density at radius 3 is 2.88 bits per heavy atom. The van der Waals surface area contributed by atoms with Gasteiger partial charge in [-0.25, -0.2) is 14.6 Å². The lowest BCUT2D eigenvalue weighted by molar-refractivity contribution is 0.684. The number of hydrogen-bond acceptors (Lipinski definition) is 6. The fraction of sp³-hybridized carbons (Fsp3) is 0.111. The van der Waals surface area contributed by atoms with Crippen molar-refractivity contribution in [3.63, 3.8) is 0 Å². The zero-order valence-electron chi connectivity index (χ0n) is 8.45. The molecule has 0 amide bonds. The van der Waals surface area contributed by atoms with E-state index in [1.807, 2.05) is 6.07 Å². The Morgan fingerprint density at radius 1 is 1.50 bits per heavy atom. The third-order valence-electron chi connectivity index (χ3n) is 1.87. The molecule has 16 heavy (non-hydrogen) atoms. The normalized spacial score (nSPS) is 10.0. The molecule has 0 saturated heterocycles. The summed E-state index contributed by atoms with van der Waals surface area (Å²) in [6, 6.07) is 3.57. The summed E-state index contributed by atoms with van der Waals surface area (Å²) in [5.74, 6) is 0. The number of nitrogens with zero attached hydrogens (tertiary/aromatic N) is 5. The van der Waals surface area contributed by atoms with Gasteiger partial charge in [0.15, 0.2) is 5.16 Å². The topological polar surface area (TPSA) is 93.4 Å². The van der Waals surface area contributed by atoms with E-state index in [0.717, 1.165) is 0 Å². The van der Waals surface area contributed by atoms with Crippen LogP contribution in [0.15, 0.2) is 28.8 Å². The van der Waals surface area contributed by atoms with Crippen LogP contribution in [0.3, 0.4) is 0 Å². The number of aryl methyl sites for hydroxylation is 1. The summed E-state index contributed by atoms with van der Waals surface area (Å²) < 4.78 is 1.63. The molecule has 0 spiro atoms. The second-order valence-electron chi connectivity index (χ2n) is 3.00. The van der Waals surface area contributed by atoms with E-state index >= 15 is 0 Å². The molecule has 0 aliphatic rings. The van der Waals surface area contributed by atoms with Crippen molar-refractivity contribution in [1.29, 1.82) is 5.26 Å². The van der Waals surface area contributed by atoms with Gasteiger partial charge in [-0.05, 0) is 17.8 Å². The van der Waals surface area contributed by atoms with Gasteiger partial charge in [0.1, 0.15) is 17.4 Å². The van der Waals surface area contributed by atoms with Gasteiger partial charge in [0, 0.05) is 13.2 Å². The van der Waals surface area contributed by atoms with Crippen LogP contribution < -0.4 is 5.73 Å². The number of aromatic nitrogens is 4. The largest absolute Gasteiger partial charge is 0.396 e. The van der Waals surface area contributed by atoms with Gasteiger partial charge in [0.2, 0.25) is 0 Å². The first kappa shape index (κ1) is 10.4. The minimum Gasteiger partial charge on any atom is -0.396 e. The van der Waals surface area contributed by atoms with E-state index in [0.29, 0.717) is 21.4 Å². The van der Waals surface area contributed by atoms with E-state index in [1.54, 1.807) is 17.8 Å². The fourth-order valence-electron chi connectivity index (χ4n) is 1.08. The molecular formula is C9H8N6S. The van der Waals surface area contributed by atoms with Gasteiger partial charge in [0.05, 0.1) is 11.3 Å². The highest BCUT2D eigenvalue weighted by atomic mass is 32.2. The lowest BCUT2D eigenvalue weighted by atomic mass is 10.3. The third kappa shape index (κ3) is 1.97. The first-order valence-corrected chi connectivity index (χ1v) is 5.20. The van der Waals surface area contributed by atoms with Crippen LogP contribution in [0.4, 0.5) is 5.69 Å². The summed E-state index contributed by atoms with van der Waals surface area (Å²) in [7, 11) is 1.79. The van der Waals surface area contributed by atoms with E-state index < -0.39 is 0 Å². The highest BCUT2D eigenvalue weighted by molar-refractivity contribution is 7.99. The Morgan fingerprint density at radius 2 is 2.31 bits per heavy atom. The molecule has 2 rings (SSSR count). The number of nitriles is 1. The second kappa shape index (κ2) is 4.20. The molecule has 0 aliphatic heterocycles. The van der Waals surface area contributed by atoms with E-state index in [1.165, 1.54) is 24.3 Å². The first-order valence-electron chi connectivity index (χ1n) is 4.38. The van der Waals surface area contributed by atoms with Crippen molar-refractivity contribution in [3.8, 4) is 6.07 Å². The fourth-order valence-corrected chi connectivity index (χ4v) is 1.81. The van der Waals surface area contributed by atoms with Gasteiger partial charge >= 0.3 is 0 Å². The minimum absolute atomic E-state index is 0.444. The molecule has 2 aromatic heterocycles. The van der Waals surface area contributed by atoms with Gasteiger partial charge in [-0.15, -0.1) is 0 Å². The molecule has 0 radical (unpaired) electrons. The molecule has 0 aromatic carbocycles. The summed E-state index contributed by atoms with van der Waals surface area (Å²) in [4.78, 5) is 8.15. The molecule has 0 aliphatic carbocycles. The smallest absolute Gasteiger partial charge is 0.192 e. The first-order chi connectivity index (χ1) is 7.70. The molecule has 7 heteroatoms. The van der Waals surface area contributed by atoms with Crippen LogP contribution >= 0.6 is 11.8 Å². The molecule has 80 valence electrons. The van der Waals surface area contributed by atoms with Crippen LogP contribution in [0, 0.1) is 11.3 Å². The van der Waals surface area contributed by atoms with E-state index in [9.17, 15) is 0 Å². The van der Waals surface area contributed by atoms with Crippen LogP contribution in [0.1, 0.15) is 5.56 Å². The van der Waals surface area contributed by atoms with Crippen LogP contribution in [0.25, 0.3) is 0 Å². The predicted octanol–water partition coefficient (Wildman–Crippen LogP) is 0.815. The maximum absolute atomic E-state index is 8.67. The van der Waals surface area contributed by atoms with Crippen molar-refractivity contribution in [2.24, 2.45) is 7.05 Å². The van der Waals surface area contributed by atoms with Crippen molar-refractivity contribution in [1.82, 2.24) is 19.7 Å². The lowest BCUT2D eigenvalue weighted by Gasteiger charge is -2.03. The molecule has 0 atom stereocenters. The molecule has 6 nitrogen and oxygen atoms in total. The number of pyridine rings is 1. The molecule has 0 bridgehead atoms. The number of rotatable bonds is 2. The van der Waals surface area contributed by atoms with Crippen LogP contribution in [-0.2, 0) is 7.05 Å². The molecule has 2 N–H and O–H groups in total. The standard InChI is InChI=1S/C9H8N6S/c1-15-9(13-5-14-15)16-8-7(11)2-6(3-10)4-12-8/h2,4-5H,11H2,1H3. The molecule has 0 saturated carbocycles. The van der Waals surface area contributed by atoms with Gasteiger partial charge in [-0.3, -0.25) is 0 Å². The summed E-state index contributed by atoms with van der Waals surface area (Å²) in [5.41, 5.74) is 6.68. The third-order valence-corrected chi connectivity index (χ3v) is 2.95. The highest BCUT2D eigenvalue weighted by Crippen LogP contribution is 2.28. The quantitative estimate of drug-likeness (QED) is 0.823. The van der Waals surface area contributed by atoms with Crippen molar-refractivity contribution in [2.75, 3.05) is 5.73 Å². The summed E-state index contributed by atoms with van der Waals surface area (Å²) >= 11 is 1.31. The Hall–Kier alpha value is -2.07. The van der Waals surface area contributed by atoms with Crippen molar-refractivity contribution >= 4 is 17.4 Å². The van der Waals surface area contributed by atoms with Crippen LogP contribution in [0.2, 0.25) is 0 Å². The zero-order chi connectivity index (χ0) is 11.5. The number of hydrogen-bond donors (Lipinski definition) is 1. The Labute approximate surface area is 96.1 Å². The predicted molar refractivity (Wildman–Crippen MR) is 58.5 cm³/mol. The van der Waals surface area contributed by atoms with Crippen LogP contribution in [-0.4, -0.2) is 19.7 Å². The second-order valence-corrected chi connectivity index (χ2v) is 3.95. The maximum atomic E-state index is 8.67. The molecular weight excluding hydrogens is 224 g/mol. The van der Waals surface area contributed by atoms with Crippen molar-refractivity contribution in [2.45, 2.75) is 10.2 Å². The minimum atomic E-state index is 0.444.